The van der Waals surface area contributed by atoms with E-state index in [1.807, 2.05) is 13.2 Å². The molecule has 0 saturated carbocycles. The molecule has 0 heterocycles. The molecule has 1 aliphatic rings. The fourth-order valence-corrected chi connectivity index (χ4v) is 5.35. The van der Waals surface area contributed by atoms with Crippen molar-refractivity contribution in [3.8, 4) is 0 Å². The molecule has 1 unspecified atom stereocenters. The van der Waals surface area contributed by atoms with Crippen molar-refractivity contribution in [1.82, 2.24) is 0 Å². The minimum absolute atomic E-state index is 0.0655. The number of fused-ring (bicyclic) bond motifs is 1. The van der Waals surface area contributed by atoms with Crippen LogP contribution in [-0.4, -0.2) is 38.7 Å². The second-order valence-corrected chi connectivity index (χ2v) is 11.2. The number of halogens is 1. The first-order chi connectivity index (χ1) is 16.7. The van der Waals surface area contributed by atoms with E-state index in [0.717, 1.165) is 33.4 Å². The lowest BCUT2D eigenvalue weighted by molar-refractivity contribution is -0.142. The van der Waals surface area contributed by atoms with Gasteiger partial charge in [-0.2, -0.15) is 0 Å². The van der Waals surface area contributed by atoms with Gasteiger partial charge >= 0.3 is 13.6 Å². The lowest BCUT2D eigenvalue weighted by Gasteiger charge is -2.12. The molecule has 1 atom stereocenters. The maximum absolute atomic E-state index is 14.1. The number of esters is 1. The molecule has 0 bridgehead atoms. The number of allylic oxidation sites excluding steroid dienone is 2. The summed E-state index contributed by atoms with van der Waals surface area (Å²) >= 11 is 1.68. The molecule has 1 aliphatic carbocycles. The molecule has 0 aromatic heterocycles. The van der Waals surface area contributed by atoms with Crippen molar-refractivity contribution in [2.45, 2.75) is 38.0 Å². The maximum atomic E-state index is 14.1. The SMILES string of the molecule is CCOP(C)(=O)OCCCCOC(=O)CC1=C(C)/C(=C/c2ccc(SC)cc2)c2ccc(F)cc21. The zero-order chi connectivity index (χ0) is 25.4. The monoisotopic (exact) mass is 518 g/mol. The molecule has 0 spiro atoms. The lowest BCUT2D eigenvalue weighted by Crippen LogP contribution is -2.07. The van der Waals surface area contributed by atoms with Gasteiger partial charge in [-0.05, 0) is 96.7 Å². The highest BCUT2D eigenvalue weighted by Crippen LogP contribution is 2.44. The first-order valence-electron chi connectivity index (χ1n) is 11.6. The van der Waals surface area contributed by atoms with E-state index in [4.69, 9.17) is 13.8 Å². The van der Waals surface area contributed by atoms with Gasteiger partial charge in [-0.1, -0.05) is 18.2 Å². The fourth-order valence-electron chi connectivity index (χ4n) is 3.94. The summed E-state index contributed by atoms with van der Waals surface area (Å²) in [6.07, 6.45) is 5.35. The van der Waals surface area contributed by atoms with Crippen molar-refractivity contribution in [2.75, 3.05) is 32.7 Å². The Morgan fingerprint density at radius 2 is 1.77 bits per heavy atom. The predicted octanol–water partition coefficient (Wildman–Crippen LogP) is 7.46. The normalized spacial score (nSPS) is 15.9. The van der Waals surface area contributed by atoms with Gasteiger partial charge in [0.05, 0.1) is 26.2 Å². The second-order valence-electron chi connectivity index (χ2n) is 8.25. The average Bonchev–Trinajstić information content (AvgIpc) is 3.06. The Balaban J connectivity index is 1.64. The summed E-state index contributed by atoms with van der Waals surface area (Å²) < 4.78 is 41.7. The summed E-state index contributed by atoms with van der Waals surface area (Å²) in [5.74, 6) is -0.704. The first-order valence-corrected chi connectivity index (χ1v) is 14.8. The number of carbonyl (C=O) groups excluding carboxylic acids is 1. The molecule has 0 saturated heterocycles. The van der Waals surface area contributed by atoms with E-state index in [1.54, 1.807) is 24.8 Å². The van der Waals surface area contributed by atoms with Crippen LogP contribution in [-0.2, 0) is 23.1 Å². The number of unbranched alkanes of at least 4 members (excludes halogenated alkanes) is 1. The molecule has 3 rings (SSSR count). The fraction of sp³-hybridized carbons (Fsp3) is 0.370. The van der Waals surface area contributed by atoms with Gasteiger partial charge in [0, 0.05) is 11.6 Å². The van der Waals surface area contributed by atoms with Crippen molar-refractivity contribution in [1.29, 1.82) is 0 Å². The number of thioether (sulfide) groups is 1. The van der Waals surface area contributed by atoms with E-state index in [-0.39, 0.29) is 31.4 Å². The van der Waals surface area contributed by atoms with Crippen LogP contribution in [0.25, 0.3) is 17.2 Å². The molecule has 0 aliphatic heterocycles. The van der Waals surface area contributed by atoms with E-state index in [9.17, 15) is 13.8 Å². The number of benzene rings is 2. The van der Waals surface area contributed by atoms with Crippen LogP contribution in [0.15, 0.2) is 52.9 Å². The summed E-state index contributed by atoms with van der Waals surface area (Å²) in [6, 6.07) is 12.9. The van der Waals surface area contributed by atoms with Gasteiger partial charge in [0.15, 0.2) is 0 Å². The first kappa shape index (κ1) is 27.4. The standard InChI is InChI=1S/C27H32FO5PS/c1-5-32-34(3,30)33-15-7-6-14-31-27(29)18-25-19(2)24(23-13-10-21(28)17-26(23)25)16-20-8-11-22(35-4)12-9-20/h8-13,16-17H,5-7,14-15,18H2,1-4H3/b24-16-. The minimum atomic E-state index is -3.01. The number of hydrogen-bond acceptors (Lipinski definition) is 6. The summed E-state index contributed by atoms with van der Waals surface area (Å²) in [4.78, 5) is 13.8. The summed E-state index contributed by atoms with van der Waals surface area (Å²) in [6.45, 7) is 5.99. The quantitative estimate of drug-likeness (QED) is 0.126. The topological polar surface area (TPSA) is 61.8 Å². The number of rotatable bonds is 12. The summed E-state index contributed by atoms with van der Waals surface area (Å²) in [5, 5.41) is 0. The van der Waals surface area contributed by atoms with Crippen LogP contribution in [0.2, 0.25) is 0 Å². The Hall–Kier alpha value is -2.18. The van der Waals surface area contributed by atoms with E-state index in [1.165, 1.54) is 23.7 Å². The number of hydrogen-bond donors (Lipinski definition) is 0. The summed E-state index contributed by atoms with van der Waals surface area (Å²) in [7, 11) is -3.01. The van der Waals surface area contributed by atoms with Gasteiger partial charge in [-0.3, -0.25) is 9.36 Å². The zero-order valence-electron chi connectivity index (χ0n) is 20.6. The molecule has 8 heteroatoms. The van der Waals surface area contributed by atoms with Gasteiger partial charge in [0.25, 0.3) is 0 Å². The molecule has 2 aromatic rings. The Labute approximate surface area is 211 Å². The second kappa shape index (κ2) is 12.7. The van der Waals surface area contributed by atoms with Crippen molar-refractivity contribution < 1.29 is 27.5 Å². The van der Waals surface area contributed by atoms with Crippen LogP contribution in [0.1, 0.15) is 49.8 Å². The van der Waals surface area contributed by atoms with Crippen LogP contribution in [0.3, 0.4) is 0 Å². The third kappa shape index (κ3) is 7.65. The van der Waals surface area contributed by atoms with Crippen LogP contribution < -0.4 is 0 Å². The highest BCUT2D eigenvalue weighted by molar-refractivity contribution is 7.98. The molecule has 2 aromatic carbocycles. The van der Waals surface area contributed by atoms with Crippen molar-refractivity contribution in [2.24, 2.45) is 0 Å². The summed E-state index contributed by atoms with van der Waals surface area (Å²) in [5.41, 5.74) is 5.39. The zero-order valence-corrected chi connectivity index (χ0v) is 22.3. The van der Waals surface area contributed by atoms with E-state index in [2.05, 4.69) is 30.3 Å². The Kier molecular flexibility index (Phi) is 9.93. The molecule has 0 radical (unpaired) electrons. The van der Waals surface area contributed by atoms with Gasteiger partial charge < -0.3 is 13.8 Å². The van der Waals surface area contributed by atoms with E-state index < -0.39 is 7.60 Å². The highest BCUT2D eigenvalue weighted by atomic mass is 32.2. The van der Waals surface area contributed by atoms with E-state index >= 15 is 0 Å². The van der Waals surface area contributed by atoms with E-state index in [0.29, 0.717) is 19.4 Å². The smallest absolute Gasteiger partial charge is 0.327 e. The molecule has 35 heavy (non-hydrogen) atoms. The molecule has 0 fully saturated rings. The highest BCUT2D eigenvalue weighted by Gasteiger charge is 2.26. The van der Waals surface area contributed by atoms with Gasteiger partial charge in [0.1, 0.15) is 5.82 Å². The molecular weight excluding hydrogens is 486 g/mol. The van der Waals surface area contributed by atoms with Crippen LogP contribution >= 0.6 is 19.4 Å². The van der Waals surface area contributed by atoms with Gasteiger partial charge in [0.2, 0.25) is 0 Å². The minimum Gasteiger partial charge on any atom is -0.465 e. The third-order valence-electron chi connectivity index (χ3n) is 5.69. The van der Waals surface area contributed by atoms with Crippen molar-refractivity contribution in [3.05, 3.63) is 70.5 Å². The maximum Gasteiger partial charge on any atom is 0.327 e. The van der Waals surface area contributed by atoms with Crippen molar-refractivity contribution >= 4 is 42.5 Å². The Morgan fingerprint density at radius 3 is 2.46 bits per heavy atom. The average molecular weight is 519 g/mol. The number of carbonyl (C=O) groups is 1. The van der Waals surface area contributed by atoms with Crippen LogP contribution in [0.4, 0.5) is 4.39 Å². The molecule has 188 valence electrons. The van der Waals surface area contributed by atoms with Gasteiger partial charge in [-0.15, -0.1) is 11.8 Å². The molecule has 0 amide bonds. The third-order valence-corrected chi connectivity index (χ3v) is 7.82. The molecule has 5 nitrogen and oxygen atoms in total. The molecular formula is C27H32FO5PS. The Morgan fingerprint density at radius 1 is 1.06 bits per heavy atom. The largest absolute Gasteiger partial charge is 0.465 e. The predicted molar refractivity (Wildman–Crippen MR) is 141 cm³/mol. The number of ether oxygens (including phenoxy) is 1. The van der Waals surface area contributed by atoms with Gasteiger partial charge in [-0.25, -0.2) is 4.39 Å². The van der Waals surface area contributed by atoms with Crippen LogP contribution in [0.5, 0.6) is 0 Å². The molecule has 0 N–H and O–H groups in total. The lowest BCUT2D eigenvalue weighted by atomic mass is 10.0. The van der Waals surface area contributed by atoms with Crippen molar-refractivity contribution in [3.63, 3.8) is 0 Å². The van der Waals surface area contributed by atoms with Crippen LogP contribution in [0, 0.1) is 5.82 Å². The Bertz CT molecular complexity index is 1160.